The van der Waals surface area contributed by atoms with Crippen molar-refractivity contribution in [3.05, 3.63) is 0 Å². The molecule has 0 aliphatic carbocycles. The molecule has 0 radical (unpaired) electrons. The second-order valence-electron chi connectivity index (χ2n) is 6.85. The topological polar surface area (TPSA) is 149 Å². The Bertz CT molecular complexity index is 521. The zero-order valence-electron chi connectivity index (χ0n) is 17.2. The average Bonchev–Trinajstić information content (AvgIpc) is 2.76. The van der Waals surface area contributed by atoms with Crippen LogP contribution in [0.5, 0.6) is 0 Å². The fraction of sp³-hybridized carbons (Fsp3) is 0.833. The van der Waals surface area contributed by atoms with Gasteiger partial charge in [-0.1, -0.05) is 0 Å². The molecule has 0 aliphatic rings. The van der Waals surface area contributed by atoms with Crippen LogP contribution in [0.3, 0.4) is 0 Å². The van der Waals surface area contributed by atoms with E-state index in [-0.39, 0.29) is 49.7 Å². The summed E-state index contributed by atoms with van der Waals surface area (Å²) in [5.74, 6) is -0.979. The predicted molar refractivity (Wildman–Crippen MR) is 121 cm³/mol. The van der Waals surface area contributed by atoms with Crippen LogP contribution < -0.4 is 0 Å². The van der Waals surface area contributed by atoms with Crippen LogP contribution in [0.4, 0.5) is 0 Å². The maximum atomic E-state index is 11.7. The van der Waals surface area contributed by atoms with Crippen molar-refractivity contribution < 1.29 is 48.7 Å². The summed E-state index contributed by atoms with van der Waals surface area (Å²) >= 11 is 11.8. The molecular formula is C18H32O10S3. The smallest absolute Gasteiger partial charge is 0.306 e. The number of rotatable bonds is 18. The number of hydrogen-bond acceptors (Lipinski definition) is 13. The van der Waals surface area contributed by atoms with E-state index in [2.05, 4.69) is 37.9 Å². The van der Waals surface area contributed by atoms with Crippen LogP contribution in [0.25, 0.3) is 0 Å². The van der Waals surface area contributed by atoms with Gasteiger partial charge in [-0.05, 0) is 0 Å². The molecule has 31 heavy (non-hydrogen) atoms. The van der Waals surface area contributed by atoms with Crippen LogP contribution in [0, 0.1) is 5.41 Å². The first-order valence-electron chi connectivity index (χ1n) is 9.52. The van der Waals surface area contributed by atoms with Gasteiger partial charge in [-0.25, -0.2) is 0 Å². The van der Waals surface area contributed by atoms with Crippen molar-refractivity contribution in [3.63, 3.8) is 0 Å². The molecule has 182 valence electrons. The van der Waals surface area contributed by atoms with E-state index in [9.17, 15) is 29.7 Å². The highest BCUT2D eigenvalue weighted by Gasteiger charge is 2.40. The second-order valence-corrected chi connectivity index (χ2v) is 8.19. The molecule has 0 bridgehead atoms. The van der Waals surface area contributed by atoms with Gasteiger partial charge in [0.25, 0.3) is 0 Å². The molecule has 0 fully saturated rings. The molecule has 0 aliphatic heterocycles. The third-order valence-corrected chi connectivity index (χ3v) is 4.79. The van der Waals surface area contributed by atoms with E-state index < -0.39 is 62.0 Å². The minimum absolute atomic E-state index is 0.0266. The SMILES string of the molecule is O=C(CCS)OCC(CO)(COC(=O)CCS)COC(CO)(CO)COC(=O)CCS. The van der Waals surface area contributed by atoms with E-state index in [1.807, 2.05) is 0 Å². The van der Waals surface area contributed by atoms with Crippen LogP contribution in [-0.2, 0) is 33.3 Å². The largest absolute Gasteiger partial charge is 0.465 e. The molecule has 0 aromatic carbocycles. The lowest BCUT2D eigenvalue weighted by Gasteiger charge is -2.36. The van der Waals surface area contributed by atoms with Gasteiger partial charge < -0.3 is 34.3 Å². The Hall–Kier alpha value is -0.700. The maximum absolute atomic E-state index is 11.7. The molecule has 0 amide bonds. The summed E-state index contributed by atoms with van der Waals surface area (Å²) in [6.45, 7) is -3.62. The number of hydrogen-bond donors (Lipinski definition) is 6. The first kappa shape index (κ1) is 30.3. The number of ether oxygens (including phenoxy) is 4. The first-order valence-corrected chi connectivity index (χ1v) is 11.4. The van der Waals surface area contributed by atoms with Crippen molar-refractivity contribution in [2.45, 2.75) is 24.9 Å². The summed E-state index contributed by atoms with van der Waals surface area (Å²) in [7, 11) is 0. The number of carbonyl (C=O) groups is 3. The van der Waals surface area contributed by atoms with E-state index in [4.69, 9.17) is 18.9 Å². The van der Waals surface area contributed by atoms with Gasteiger partial charge >= 0.3 is 17.9 Å². The lowest BCUT2D eigenvalue weighted by molar-refractivity contribution is -0.193. The molecule has 0 atom stereocenters. The molecule has 0 saturated heterocycles. The zero-order valence-corrected chi connectivity index (χ0v) is 19.9. The molecular weight excluding hydrogens is 472 g/mol. The first-order chi connectivity index (χ1) is 14.8. The van der Waals surface area contributed by atoms with E-state index in [1.165, 1.54) is 0 Å². The van der Waals surface area contributed by atoms with Gasteiger partial charge in [0.05, 0.1) is 51.1 Å². The number of aliphatic hydroxyl groups excluding tert-OH is 3. The molecule has 0 rings (SSSR count). The summed E-state index contributed by atoms with van der Waals surface area (Å²) < 4.78 is 20.9. The molecule has 3 N–H and O–H groups in total. The molecule has 13 heteroatoms. The molecule has 0 saturated carbocycles. The minimum Gasteiger partial charge on any atom is -0.465 e. The van der Waals surface area contributed by atoms with Gasteiger partial charge in [0.1, 0.15) is 25.4 Å². The van der Waals surface area contributed by atoms with Crippen molar-refractivity contribution in [2.24, 2.45) is 5.41 Å². The summed E-state index contributed by atoms with van der Waals surface area (Å²) in [4.78, 5) is 35.1. The number of aliphatic hydroxyl groups is 3. The predicted octanol–water partition coefficient (Wildman–Crippen LogP) is -0.706. The second kappa shape index (κ2) is 16.9. The minimum atomic E-state index is -1.68. The fourth-order valence-electron chi connectivity index (χ4n) is 2.01. The van der Waals surface area contributed by atoms with Crippen molar-refractivity contribution in [1.29, 1.82) is 0 Å². The molecule has 0 heterocycles. The molecule has 0 unspecified atom stereocenters. The van der Waals surface area contributed by atoms with Gasteiger partial charge in [-0.15, -0.1) is 0 Å². The normalized spacial score (nSPS) is 11.8. The number of carbonyl (C=O) groups excluding carboxylic acids is 3. The van der Waals surface area contributed by atoms with Crippen LogP contribution in [0.1, 0.15) is 19.3 Å². The number of thiol groups is 3. The summed E-state index contributed by atoms with van der Waals surface area (Å²) in [5.41, 5.74) is -3.07. The van der Waals surface area contributed by atoms with E-state index in [1.54, 1.807) is 0 Å². The Morgan fingerprint density at radius 2 is 1.00 bits per heavy atom. The Balaban J connectivity index is 5.34. The third-order valence-electron chi connectivity index (χ3n) is 4.12. The Labute approximate surface area is 198 Å². The molecule has 10 nitrogen and oxygen atoms in total. The standard InChI is InChI=1S/C18H32O10S3/c19-7-17(10-25-14(22)1-4-29,11-26-15(23)2-5-30)12-28-18(8-20,9-21)13-27-16(24)3-6-31/h19-21,29-31H,1-13H2. The molecule has 0 aromatic rings. The van der Waals surface area contributed by atoms with Crippen molar-refractivity contribution in [1.82, 2.24) is 0 Å². The van der Waals surface area contributed by atoms with Crippen molar-refractivity contribution >= 4 is 55.8 Å². The summed E-state index contributed by atoms with van der Waals surface area (Å²) in [6, 6.07) is 0. The summed E-state index contributed by atoms with van der Waals surface area (Å²) in [6.07, 6.45) is 0.0886. The van der Waals surface area contributed by atoms with Gasteiger partial charge in [-0.2, -0.15) is 37.9 Å². The van der Waals surface area contributed by atoms with Crippen LogP contribution in [0.15, 0.2) is 0 Å². The quantitative estimate of drug-likeness (QED) is 0.0803. The van der Waals surface area contributed by atoms with Gasteiger partial charge in [0.2, 0.25) is 0 Å². The van der Waals surface area contributed by atoms with Gasteiger partial charge in [-0.3, -0.25) is 14.4 Å². The average molecular weight is 505 g/mol. The summed E-state index contributed by atoms with van der Waals surface area (Å²) in [5, 5.41) is 29.4. The number of esters is 3. The molecule has 0 spiro atoms. The van der Waals surface area contributed by atoms with Crippen molar-refractivity contribution in [3.8, 4) is 0 Å². The van der Waals surface area contributed by atoms with Crippen LogP contribution >= 0.6 is 37.9 Å². The monoisotopic (exact) mass is 504 g/mol. The Morgan fingerprint density at radius 1 is 0.613 bits per heavy atom. The highest BCUT2D eigenvalue weighted by atomic mass is 32.1. The third kappa shape index (κ3) is 12.2. The maximum Gasteiger partial charge on any atom is 0.306 e. The van der Waals surface area contributed by atoms with E-state index >= 15 is 0 Å². The van der Waals surface area contributed by atoms with Crippen molar-refractivity contribution in [2.75, 3.05) is 63.5 Å². The Morgan fingerprint density at radius 3 is 1.32 bits per heavy atom. The lowest BCUT2D eigenvalue weighted by Crippen LogP contribution is -2.51. The van der Waals surface area contributed by atoms with Gasteiger partial charge in [0.15, 0.2) is 0 Å². The van der Waals surface area contributed by atoms with E-state index in [0.717, 1.165) is 0 Å². The van der Waals surface area contributed by atoms with E-state index in [0.29, 0.717) is 0 Å². The molecule has 0 aromatic heterocycles. The highest BCUT2D eigenvalue weighted by molar-refractivity contribution is 7.80. The van der Waals surface area contributed by atoms with Crippen LogP contribution in [0.2, 0.25) is 0 Å². The van der Waals surface area contributed by atoms with Crippen LogP contribution in [-0.4, -0.2) is 102 Å². The Kier molecular flexibility index (Phi) is 16.5. The lowest BCUT2D eigenvalue weighted by atomic mass is 9.91. The zero-order chi connectivity index (χ0) is 23.8. The fourth-order valence-corrected chi connectivity index (χ4v) is 2.56. The van der Waals surface area contributed by atoms with Gasteiger partial charge in [0, 0.05) is 17.3 Å². The highest BCUT2D eigenvalue weighted by Crippen LogP contribution is 2.24.